The molecule has 0 saturated heterocycles. The van der Waals surface area contributed by atoms with Crippen LogP contribution in [-0.4, -0.2) is 32.1 Å². The number of nitrogens with one attached hydrogen (secondary N) is 1. The Bertz CT molecular complexity index is 521. The molecule has 1 aromatic heterocycles. The highest BCUT2D eigenvalue weighted by molar-refractivity contribution is 7.17. The third kappa shape index (κ3) is 3.44. The summed E-state index contributed by atoms with van der Waals surface area (Å²) in [5.74, 6) is 0.563. The third-order valence-corrected chi connectivity index (χ3v) is 4.63. The van der Waals surface area contributed by atoms with Crippen LogP contribution in [0.5, 0.6) is 0 Å². The minimum atomic E-state index is 0.176. The summed E-state index contributed by atoms with van der Waals surface area (Å²) in [5, 5.41) is 13.8. The Balaban J connectivity index is 2.12. The van der Waals surface area contributed by atoms with Crippen LogP contribution in [0.4, 0.5) is 10.7 Å². The van der Waals surface area contributed by atoms with E-state index in [1.165, 1.54) is 29.7 Å². The number of hydrogen-bond acceptors (Lipinski definition) is 5. The molecule has 1 fully saturated rings. The van der Waals surface area contributed by atoms with E-state index in [9.17, 15) is 0 Å². The van der Waals surface area contributed by atoms with Crippen LogP contribution >= 0.6 is 11.3 Å². The molecule has 1 aliphatic rings. The molecule has 5 heteroatoms. The average molecular weight is 292 g/mol. The molecular formula is C15H24N4S. The first-order valence-electron chi connectivity index (χ1n) is 7.05. The molecular weight excluding hydrogens is 268 g/mol. The molecule has 0 aromatic carbocycles. The quantitative estimate of drug-likeness (QED) is 0.845. The predicted molar refractivity (Wildman–Crippen MR) is 86.2 cm³/mol. The molecule has 0 aliphatic heterocycles. The molecule has 4 nitrogen and oxygen atoms in total. The van der Waals surface area contributed by atoms with Crippen molar-refractivity contribution >= 4 is 22.0 Å². The van der Waals surface area contributed by atoms with Crippen LogP contribution in [-0.2, 0) is 0 Å². The van der Waals surface area contributed by atoms with Gasteiger partial charge in [0.1, 0.15) is 10.9 Å². The molecule has 20 heavy (non-hydrogen) atoms. The van der Waals surface area contributed by atoms with Crippen LogP contribution in [0, 0.1) is 16.7 Å². The van der Waals surface area contributed by atoms with Crippen molar-refractivity contribution in [3.8, 4) is 6.07 Å². The van der Waals surface area contributed by atoms with E-state index < -0.39 is 0 Å². The van der Waals surface area contributed by atoms with Crippen LogP contribution in [0.25, 0.3) is 0 Å². The lowest BCUT2D eigenvalue weighted by atomic mass is 9.93. The number of rotatable bonds is 6. The second kappa shape index (κ2) is 5.63. The lowest BCUT2D eigenvalue weighted by Gasteiger charge is -2.28. The maximum atomic E-state index is 9.15. The number of anilines is 2. The Morgan fingerprint density at radius 3 is 2.60 bits per heavy atom. The monoisotopic (exact) mass is 292 g/mol. The molecule has 1 aromatic rings. The average Bonchev–Trinajstić information content (AvgIpc) is 3.10. The molecule has 2 rings (SSSR count). The summed E-state index contributed by atoms with van der Waals surface area (Å²) in [7, 11) is 4.18. The van der Waals surface area contributed by atoms with E-state index in [-0.39, 0.29) is 5.41 Å². The molecule has 0 atom stereocenters. The van der Waals surface area contributed by atoms with E-state index in [1.807, 2.05) is 0 Å². The van der Waals surface area contributed by atoms with Gasteiger partial charge in [0, 0.05) is 18.7 Å². The molecule has 0 bridgehead atoms. The Morgan fingerprint density at radius 2 is 2.10 bits per heavy atom. The second-order valence-corrected chi connectivity index (χ2v) is 7.75. The molecule has 110 valence electrons. The minimum absolute atomic E-state index is 0.176. The number of nitriles is 1. The van der Waals surface area contributed by atoms with Gasteiger partial charge in [-0.25, -0.2) is 0 Å². The summed E-state index contributed by atoms with van der Waals surface area (Å²) in [6.45, 7) is 6.40. The summed E-state index contributed by atoms with van der Waals surface area (Å²) in [6, 6.07) is 2.21. The first-order chi connectivity index (χ1) is 9.34. The summed E-state index contributed by atoms with van der Waals surface area (Å²) in [5.41, 5.74) is 8.18. The smallest absolute Gasteiger partial charge is 0.130 e. The number of nitrogens with zero attached hydrogens (tertiary/aromatic N) is 2. The lowest BCUT2D eigenvalue weighted by Crippen LogP contribution is -2.34. The molecule has 3 N–H and O–H groups in total. The van der Waals surface area contributed by atoms with Crippen molar-refractivity contribution in [2.75, 3.05) is 38.2 Å². The fourth-order valence-corrected chi connectivity index (χ4v) is 3.68. The zero-order valence-electron chi connectivity index (χ0n) is 12.8. The lowest BCUT2D eigenvalue weighted by molar-refractivity contribution is 0.254. The Kier molecular flexibility index (Phi) is 4.26. The SMILES string of the molecule is CN(C)CC(C)(C)CNc1sc(C#N)c(N)c1C1CC1. The predicted octanol–water partition coefficient (Wildman–Crippen LogP) is 3.08. The topological polar surface area (TPSA) is 65.1 Å². The van der Waals surface area contributed by atoms with Crippen molar-refractivity contribution < 1.29 is 0 Å². The standard InChI is InChI=1S/C15H24N4S/c1-15(2,9-19(3)4)8-18-14-12(10-5-6-10)13(17)11(7-16)20-14/h10,18H,5-6,8-9,17H2,1-4H3. The number of nitrogens with two attached hydrogens (primary N) is 1. The zero-order valence-corrected chi connectivity index (χ0v) is 13.6. The van der Waals surface area contributed by atoms with Crippen molar-refractivity contribution in [1.82, 2.24) is 4.90 Å². The van der Waals surface area contributed by atoms with Gasteiger partial charge in [-0.05, 0) is 38.3 Å². The summed E-state index contributed by atoms with van der Waals surface area (Å²) in [4.78, 5) is 2.85. The Labute approximate surface area is 125 Å². The third-order valence-electron chi connectivity index (χ3n) is 3.54. The molecule has 0 amide bonds. The van der Waals surface area contributed by atoms with E-state index >= 15 is 0 Å². The van der Waals surface area contributed by atoms with Crippen LogP contribution in [0.2, 0.25) is 0 Å². The highest BCUT2D eigenvalue weighted by atomic mass is 32.1. The van der Waals surface area contributed by atoms with Gasteiger partial charge in [-0.3, -0.25) is 0 Å². The first kappa shape index (κ1) is 15.1. The zero-order chi connectivity index (χ0) is 14.9. The van der Waals surface area contributed by atoms with Crippen LogP contribution in [0.15, 0.2) is 0 Å². The van der Waals surface area contributed by atoms with Crippen molar-refractivity contribution in [2.24, 2.45) is 5.41 Å². The van der Waals surface area contributed by atoms with E-state index in [4.69, 9.17) is 11.0 Å². The van der Waals surface area contributed by atoms with Gasteiger partial charge in [-0.15, -0.1) is 11.3 Å². The number of nitrogen functional groups attached to an aromatic ring is 1. The van der Waals surface area contributed by atoms with Gasteiger partial charge < -0.3 is 16.0 Å². The van der Waals surface area contributed by atoms with Gasteiger partial charge in [0.05, 0.1) is 10.7 Å². The fraction of sp³-hybridized carbons (Fsp3) is 0.667. The fourth-order valence-electron chi connectivity index (χ4n) is 2.68. The van der Waals surface area contributed by atoms with Gasteiger partial charge >= 0.3 is 0 Å². The van der Waals surface area contributed by atoms with Gasteiger partial charge in [-0.2, -0.15) is 5.26 Å². The molecule has 0 unspecified atom stereocenters. The molecule has 1 heterocycles. The molecule has 1 saturated carbocycles. The van der Waals surface area contributed by atoms with Gasteiger partial charge in [-0.1, -0.05) is 13.8 Å². The van der Waals surface area contributed by atoms with E-state index in [2.05, 4.69) is 44.2 Å². The Hall–Kier alpha value is -1.25. The van der Waals surface area contributed by atoms with Crippen molar-refractivity contribution in [3.63, 3.8) is 0 Å². The summed E-state index contributed by atoms with van der Waals surface area (Å²) in [6.07, 6.45) is 2.39. The highest BCUT2D eigenvalue weighted by Crippen LogP contribution is 2.50. The van der Waals surface area contributed by atoms with Crippen molar-refractivity contribution in [2.45, 2.75) is 32.6 Å². The van der Waals surface area contributed by atoms with E-state index in [0.717, 1.165) is 18.1 Å². The van der Waals surface area contributed by atoms with Gasteiger partial charge in [0.25, 0.3) is 0 Å². The van der Waals surface area contributed by atoms with Crippen LogP contribution in [0.1, 0.15) is 43.0 Å². The van der Waals surface area contributed by atoms with Crippen LogP contribution in [0.3, 0.4) is 0 Å². The molecule has 1 aliphatic carbocycles. The van der Waals surface area contributed by atoms with E-state index in [1.54, 1.807) is 0 Å². The van der Waals surface area contributed by atoms with Crippen LogP contribution < -0.4 is 11.1 Å². The number of thiophene rings is 1. The summed E-state index contributed by atoms with van der Waals surface area (Å²) >= 11 is 1.50. The summed E-state index contributed by atoms with van der Waals surface area (Å²) < 4.78 is 0. The van der Waals surface area contributed by atoms with Gasteiger partial charge in [0.2, 0.25) is 0 Å². The van der Waals surface area contributed by atoms with Gasteiger partial charge in [0.15, 0.2) is 0 Å². The second-order valence-electron chi connectivity index (χ2n) is 6.73. The Morgan fingerprint density at radius 1 is 1.45 bits per heavy atom. The maximum Gasteiger partial charge on any atom is 0.130 e. The highest BCUT2D eigenvalue weighted by Gasteiger charge is 2.32. The van der Waals surface area contributed by atoms with E-state index in [0.29, 0.717) is 16.5 Å². The molecule has 0 radical (unpaired) electrons. The normalized spacial score (nSPS) is 15.4. The number of hydrogen-bond donors (Lipinski definition) is 2. The largest absolute Gasteiger partial charge is 0.397 e. The molecule has 0 spiro atoms. The minimum Gasteiger partial charge on any atom is -0.397 e. The van der Waals surface area contributed by atoms with Crippen molar-refractivity contribution in [3.05, 3.63) is 10.4 Å². The first-order valence-corrected chi connectivity index (χ1v) is 7.86. The van der Waals surface area contributed by atoms with Crippen molar-refractivity contribution in [1.29, 1.82) is 5.26 Å². The maximum absolute atomic E-state index is 9.15.